The van der Waals surface area contributed by atoms with Crippen molar-refractivity contribution < 1.29 is 12.8 Å². The van der Waals surface area contributed by atoms with Gasteiger partial charge in [-0.15, -0.1) is 0 Å². The molecule has 4 aromatic heterocycles. The number of hydrogen-bond donors (Lipinski definition) is 0. The van der Waals surface area contributed by atoms with Crippen molar-refractivity contribution in [2.24, 2.45) is 14.0 Å². The average Bonchev–Trinajstić information content (AvgIpc) is 3.18. The van der Waals surface area contributed by atoms with Gasteiger partial charge in [0, 0.05) is 24.2 Å². The zero-order chi connectivity index (χ0) is 19.1. The second kappa shape index (κ2) is 3.49. The summed E-state index contributed by atoms with van der Waals surface area (Å²) in [5, 5.41) is 0.598. The van der Waals surface area contributed by atoms with Gasteiger partial charge in [-0.25, -0.2) is 14.1 Å². The number of pyridine rings is 2. The third kappa shape index (κ3) is 1.15. The standard InChI is InChI=1S/C16H14N5/c1-19-12-5-7-17-8-11(12)14-16(19)20(2)15-13-10(9-21(14)15)4-3-6-18-13/h3-8H,9H2,1-2H3/q+1/i1D3,2D3. The van der Waals surface area contributed by atoms with E-state index in [0.29, 0.717) is 34.5 Å². The molecule has 0 saturated carbocycles. The van der Waals surface area contributed by atoms with Gasteiger partial charge in [-0.05, 0) is 12.1 Å². The van der Waals surface area contributed by atoms with Crippen LogP contribution in [0.1, 0.15) is 13.8 Å². The molecule has 0 aliphatic carbocycles. The molecule has 21 heavy (non-hydrogen) atoms. The van der Waals surface area contributed by atoms with Gasteiger partial charge in [0.1, 0.15) is 11.2 Å². The van der Waals surface area contributed by atoms with Crippen LogP contribution in [-0.4, -0.2) is 19.1 Å². The van der Waals surface area contributed by atoms with Crippen molar-refractivity contribution >= 4 is 22.1 Å². The highest BCUT2D eigenvalue weighted by molar-refractivity contribution is 6.04. The highest BCUT2D eigenvalue weighted by Crippen LogP contribution is 2.35. The SMILES string of the molecule is [2H]C([2H])([2H])n1c2ccncc2c2c1[n+](C([2H])([2H])[2H])c1n2Cc2cccnc2-1. The third-order valence-corrected chi connectivity index (χ3v) is 4.10. The van der Waals surface area contributed by atoms with Crippen molar-refractivity contribution in [3.63, 3.8) is 0 Å². The lowest BCUT2D eigenvalue weighted by Gasteiger charge is -1.97. The summed E-state index contributed by atoms with van der Waals surface area (Å²) in [4.78, 5) is 8.49. The van der Waals surface area contributed by atoms with Crippen molar-refractivity contribution in [1.82, 2.24) is 19.1 Å². The van der Waals surface area contributed by atoms with Gasteiger partial charge in [0.05, 0.1) is 34.1 Å². The van der Waals surface area contributed by atoms with E-state index in [1.54, 1.807) is 24.5 Å². The van der Waals surface area contributed by atoms with Crippen LogP contribution in [0.2, 0.25) is 0 Å². The van der Waals surface area contributed by atoms with E-state index < -0.39 is 14.0 Å². The van der Waals surface area contributed by atoms with Crippen LogP contribution in [0.4, 0.5) is 0 Å². The minimum Gasteiger partial charge on any atom is -0.264 e. The first kappa shape index (κ1) is 6.85. The maximum absolute atomic E-state index is 8.10. The summed E-state index contributed by atoms with van der Waals surface area (Å²) >= 11 is 0. The maximum Gasteiger partial charge on any atom is 0.269 e. The Morgan fingerprint density at radius 2 is 2.33 bits per heavy atom. The van der Waals surface area contributed by atoms with Gasteiger partial charge in [0.15, 0.2) is 5.52 Å². The van der Waals surface area contributed by atoms with E-state index in [9.17, 15) is 0 Å². The van der Waals surface area contributed by atoms with Crippen LogP contribution in [0, 0.1) is 0 Å². The van der Waals surface area contributed by atoms with E-state index in [-0.39, 0.29) is 5.65 Å². The molecule has 0 spiro atoms. The van der Waals surface area contributed by atoms with E-state index in [1.807, 2.05) is 10.6 Å². The minimum absolute atomic E-state index is 0.129. The Morgan fingerprint density at radius 1 is 1.33 bits per heavy atom. The first-order chi connectivity index (χ1) is 12.7. The molecule has 0 atom stereocenters. The lowest BCUT2D eigenvalue weighted by molar-refractivity contribution is -0.636. The normalized spacial score (nSPS) is 18.5. The monoisotopic (exact) mass is 282 g/mol. The van der Waals surface area contributed by atoms with Crippen LogP contribution in [0.15, 0.2) is 36.8 Å². The lowest BCUT2D eigenvalue weighted by Crippen LogP contribution is -2.31. The van der Waals surface area contributed by atoms with Gasteiger partial charge in [-0.2, -0.15) is 0 Å². The first-order valence-corrected chi connectivity index (χ1v) is 6.57. The molecule has 1 aliphatic rings. The van der Waals surface area contributed by atoms with Crippen LogP contribution in [0.25, 0.3) is 33.6 Å². The summed E-state index contributed by atoms with van der Waals surface area (Å²) in [7, 11) is 0. The molecule has 102 valence electrons. The van der Waals surface area contributed by atoms with Crippen LogP contribution >= 0.6 is 0 Å². The molecule has 0 radical (unpaired) electrons. The van der Waals surface area contributed by atoms with Crippen molar-refractivity contribution in [1.29, 1.82) is 0 Å². The molecular formula is C16H14N5+. The molecular weight excluding hydrogens is 262 g/mol. The smallest absolute Gasteiger partial charge is 0.264 e. The quantitative estimate of drug-likeness (QED) is 0.406. The number of nitrogens with zero attached hydrogens (tertiary/aromatic N) is 5. The Balaban J connectivity index is 2.07. The summed E-state index contributed by atoms with van der Waals surface area (Å²) in [5.41, 5.74) is 2.54. The van der Waals surface area contributed by atoms with Crippen molar-refractivity contribution in [2.75, 3.05) is 0 Å². The summed E-state index contributed by atoms with van der Waals surface area (Å²) in [6.45, 7) is -4.71. The maximum atomic E-state index is 8.10. The predicted octanol–water partition coefficient (Wildman–Crippen LogP) is 1.78. The summed E-state index contributed by atoms with van der Waals surface area (Å²) in [6.07, 6.45) is 4.69. The number of fused-ring (bicyclic) bond motifs is 7. The predicted molar refractivity (Wildman–Crippen MR) is 79.7 cm³/mol. The van der Waals surface area contributed by atoms with E-state index in [1.165, 1.54) is 6.20 Å². The van der Waals surface area contributed by atoms with Gasteiger partial charge in [0.25, 0.3) is 11.5 Å². The average molecular weight is 282 g/mol. The number of hydrogen-bond acceptors (Lipinski definition) is 2. The number of rotatable bonds is 0. The van der Waals surface area contributed by atoms with Crippen LogP contribution in [0.5, 0.6) is 0 Å². The fraction of sp³-hybridized carbons (Fsp3) is 0.188. The van der Waals surface area contributed by atoms with E-state index in [4.69, 9.17) is 8.22 Å². The van der Waals surface area contributed by atoms with E-state index >= 15 is 0 Å². The molecule has 0 bridgehead atoms. The lowest BCUT2D eigenvalue weighted by atomic mass is 10.2. The van der Waals surface area contributed by atoms with Gasteiger partial charge < -0.3 is 0 Å². The van der Waals surface area contributed by atoms with Crippen molar-refractivity contribution in [3.8, 4) is 11.5 Å². The molecule has 0 N–H and O–H groups in total. The molecule has 0 amide bonds. The zero-order valence-electron chi connectivity index (χ0n) is 16.9. The first-order valence-electron chi connectivity index (χ1n) is 9.57. The Hall–Kier alpha value is -2.69. The van der Waals surface area contributed by atoms with Crippen LogP contribution in [0.3, 0.4) is 0 Å². The van der Waals surface area contributed by atoms with E-state index in [0.717, 1.165) is 14.7 Å². The van der Waals surface area contributed by atoms with Crippen LogP contribution in [-0.2, 0) is 20.5 Å². The highest BCUT2D eigenvalue weighted by Gasteiger charge is 2.35. The summed E-state index contributed by atoms with van der Waals surface area (Å²) in [6, 6.07) is 5.29. The molecule has 1 aliphatic heterocycles. The molecule has 5 heterocycles. The topological polar surface area (TPSA) is 39.5 Å². The number of aryl methyl sites for hydroxylation is 2. The molecule has 4 aromatic rings. The second-order valence-corrected chi connectivity index (χ2v) is 5.16. The van der Waals surface area contributed by atoms with Gasteiger partial charge in [0.2, 0.25) is 0 Å². The highest BCUT2D eigenvalue weighted by atomic mass is 15.2. The Morgan fingerprint density at radius 3 is 3.24 bits per heavy atom. The van der Waals surface area contributed by atoms with Crippen molar-refractivity contribution in [2.45, 2.75) is 6.54 Å². The second-order valence-electron chi connectivity index (χ2n) is 5.16. The molecule has 5 rings (SSSR count). The van der Waals surface area contributed by atoms with Gasteiger partial charge in [-0.3, -0.25) is 9.55 Å². The van der Waals surface area contributed by atoms with Gasteiger partial charge >= 0.3 is 0 Å². The third-order valence-electron chi connectivity index (χ3n) is 4.10. The summed E-state index contributed by atoms with van der Waals surface area (Å²) < 4.78 is 52.4. The fourth-order valence-electron chi connectivity index (χ4n) is 3.23. The Bertz CT molecular complexity index is 1230. The molecule has 0 saturated heterocycles. The molecule has 5 nitrogen and oxygen atoms in total. The zero-order valence-corrected chi connectivity index (χ0v) is 10.9. The Labute approximate surface area is 129 Å². The molecule has 0 unspecified atom stereocenters. The number of imidazole rings is 1. The van der Waals surface area contributed by atoms with E-state index in [2.05, 4.69) is 9.97 Å². The van der Waals surface area contributed by atoms with Gasteiger partial charge in [-0.1, -0.05) is 6.07 Å². The minimum atomic E-state index is -2.58. The Kier molecular flexibility index (Phi) is 1.14. The molecule has 0 fully saturated rings. The molecule has 0 aromatic carbocycles. The largest absolute Gasteiger partial charge is 0.269 e. The fourth-order valence-corrected chi connectivity index (χ4v) is 3.23. The summed E-state index contributed by atoms with van der Waals surface area (Å²) in [5.74, 6) is 0.388. The molecule has 5 heteroatoms. The number of aromatic nitrogens is 5. The van der Waals surface area contributed by atoms with Crippen molar-refractivity contribution in [3.05, 3.63) is 42.4 Å². The van der Waals surface area contributed by atoms with Crippen LogP contribution < -0.4 is 4.57 Å².